The molecule has 0 aromatic heterocycles. The molecule has 160 valence electrons. The molecule has 5 rings (SSSR count). The largest absolute Gasteiger partial charge is 0.385 e. The van der Waals surface area contributed by atoms with E-state index in [1.165, 1.54) is 43.1 Å². The summed E-state index contributed by atoms with van der Waals surface area (Å²) in [4.78, 5) is 0.954. The first-order chi connectivity index (χ1) is 15.2. The summed E-state index contributed by atoms with van der Waals surface area (Å²) in [6.45, 7) is 0. The average molecular weight is 450 g/mol. The van der Waals surface area contributed by atoms with Gasteiger partial charge in [0.25, 0.3) is 0 Å². The second kappa shape index (κ2) is 9.18. The minimum absolute atomic E-state index is 0.0579. The van der Waals surface area contributed by atoms with Gasteiger partial charge in [0.1, 0.15) is 0 Å². The molecule has 2 unspecified atom stereocenters. The topological polar surface area (TPSA) is 29.1 Å². The number of fused-ring (bicyclic) bond motifs is 2. The minimum atomic E-state index is -1.11. The standard InChI is InChI=1S/C27H28ClNOS/c28-18-20-12-10-19(11-13-20)14-27-25(29-24-8-2-1-3-9-24)16-23-15-21-6-4-5-7-22(21)17-26(23)31(27)30/h4-7,10-13,15-17,24,27,29H,1-3,8-9,14,18H2. The summed E-state index contributed by atoms with van der Waals surface area (Å²) < 4.78 is 13.8. The van der Waals surface area contributed by atoms with E-state index in [1.807, 2.05) is 6.07 Å². The Labute approximate surface area is 192 Å². The molecule has 1 aliphatic heterocycles. The number of nitrogens with one attached hydrogen (secondary N) is 1. The van der Waals surface area contributed by atoms with Gasteiger partial charge in [0, 0.05) is 22.5 Å². The van der Waals surface area contributed by atoms with E-state index in [-0.39, 0.29) is 5.25 Å². The zero-order chi connectivity index (χ0) is 21.2. The molecular weight excluding hydrogens is 422 g/mol. The lowest BCUT2D eigenvalue weighted by Crippen LogP contribution is -2.38. The Bertz CT molecular complexity index is 1130. The number of hydrogen-bond acceptors (Lipinski definition) is 2. The Morgan fingerprint density at radius 1 is 0.903 bits per heavy atom. The molecule has 1 aliphatic carbocycles. The molecule has 0 amide bonds. The van der Waals surface area contributed by atoms with Gasteiger partial charge in [-0.25, -0.2) is 0 Å². The van der Waals surface area contributed by atoms with Crippen molar-refractivity contribution < 1.29 is 4.21 Å². The van der Waals surface area contributed by atoms with Crippen LogP contribution in [0.2, 0.25) is 0 Å². The lowest BCUT2D eigenvalue weighted by atomic mass is 9.94. The van der Waals surface area contributed by atoms with Crippen LogP contribution in [-0.4, -0.2) is 15.5 Å². The Morgan fingerprint density at radius 2 is 1.58 bits per heavy atom. The van der Waals surface area contributed by atoms with Gasteiger partial charge in [0.2, 0.25) is 0 Å². The van der Waals surface area contributed by atoms with Crippen LogP contribution in [0.25, 0.3) is 16.8 Å². The number of halogens is 1. The molecule has 4 heteroatoms. The smallest absolute Gasteiger partial charge is 0.0831 e. The predicted octanol–water partition coefficient (Wildman–Crippen LogP) is 6.57. The minimum Gasteiger partial charge on any atom is -0.385 e. The molecule has 0 spiro atoms. The van der Waals surface area contributed by atoms with Gasteiger partial charge < -0.3 is 5.32 Å². The van der Waals surface area contributed by atoms with Crippen LogP contribution in [0.4, 0.5) is 0 Å². The highest BCUT2D eigenvalue weighted by molar-refractivity contribution is 7.86. The SMILES string of the molecule is O=S1c2cc3ccccc3cc2C=C(NC2CCCCC2)C1Cc1ccc(CCl)cc1. The predicted molar refractivity (Wildman–Crippen MR) is 132 cm³/mol. The fourth-order valence-corrected chi connectivity index (χ4v) is 6.62. The van der Waals surface area contributed by atoms with Gasteiger partial charge in [-0.2, -0.15) is 0 Å². The van der Waals surface area contributed by atoms with Crippen LogP contribution >= 0.6 is 11.6 Å². The molecule has 2 aliphatic rings. The van der Waals surface area contributed by atoms with Gasteiger partial charge in [0.05, 0.1) is 16.0 Å². The highest BCUT2D eigenvalue weighted by Crippen LogP contribution is 2.34. The van der Waals surface area contributed by atoms with Gasteiger partial charge in [-0.15, -0.1) is 11.6 Å². The number of hydrogen-bond donors (Lipinski definition) is 1. The normalized spacial score (nSPS) is 21.5. The van der Waals surface area contributed by atoms with E-state index < -0.39 is 10.8 Å². The van der Waals surface area contributed by atoms with E-state index in [0.29, 0.717) is 11.9 Å². The van der Waals surface area contributed by atoms with Crippen molar-refractivity contribution in [2.24, 2.45) is 0 Å². The van der Waals surface area contributed by atoms with Gasteiger partial charge in [-0.1, -0.05) is 67.8 Å². The summed E-state index contributed by atoms with van der Waals surface area (Å²) in [7, 11) is -1.11. The van der Waals surface area contributed by atoms with Gasteiger partial charge >= 0.3 is 0 Å². The number of alkyl halides is 1. The van der Waals surface area contributed by atoms with Crippen molar-refractivity contribution in [3.05, 3.63) is 83.1 Å². The molecule has 3 aromatic rings. The Kier molecular flexibility index (Phi) is 6.15. The van der Waals surface area contributed by atoms with Crippen molar-refractivity contribution in [1.82, 2.24) is 5.32 Å². The zero-order valence-electron chi connectivity index (χ0n) is 17.6. The van der Waals surface area contributed by atoms with Gasteiger partial charge in [0.15, 0.2) is 0 Å². The third-order valence-corrected chi connectivity index (χ3v) is 8.62. The van der Waals surface area contributed by atoms with Crippen molar-refractivity contribution in [2.75, 3.05) is 0 Å². The molecule has 1 heterocycles. The first kappa shape index (κ1) is 20.8. The molecule has 3 aromatic carbocycles. The van der Waals surface area contributed by atoms with Crippen molar-refractivity contribution >= 4 is 39.2 Å². The fourth-order valence-electron chi connectivity index (χ4n) is 4.83. The highest BCUT2D eigenvalue weighted by Gasteiger charge is 2.31. The fraction of sp³-hybridized carbons (Fsp3) is 0.333. The first-order valence-corrected chi connectivity index (χ1v) is 13.0. The van der Waals surface area contributed by atoms with Crippen molar-refractivity contribution in [3.8, 4) is 0 Å². The Balaban J connectivity index is 1.52. The van der Waals surface area contributed by atoms with E-state index in [9.17, 15) is 4.21 Å². The maximum atomic E-state index is 13.8. The second-order valence-corrected chi connectivity index (χ2v) is 10.6. The average Bonchev–Trinajstić information content (AvgIpc) is 2.82. The van der Waals surface area contributed by atoms with E-state index in [4.69, 9.17) is 11.6 Å². The number of rotatable bonds is 5. The highest BCUT2D eigenvalue weighted by atomic mass is 35.5. The number of benzene rings is 3. The van der Waals surface area contributed by atoms with Crippen LogP contribution in [-0.2, 0) is 23.1 Å². The summed E-state index contributed by atoms with van der Waals surface area (Å²) in [5.74, 6) is 0.518. The van der Waals surface area contributed by atoms with Crippen LogP contribution in [0.5, 0.6) is 0 Å². The van der Waals surface area contributed by atoms with Gasteiger partial charge in [-0.05, 0) is 64.9 Å². The first-order valence-electron chi connectivity index (χ1n) is 11.3. The molecule has 0 bridgehead atoms. The van der Waals surface area contributed by atoms with E-state index >= 15 is 0 Å². The lowest BCUT2D eigenvalue weighted by Gasteiger charge is -2.32. The van der Waals surface area contributed by atoms with Crippen molar-refractivity contribution in [2.45, 2.75) is 60.6 Å². The lowest BCUT2D eigenvalue weighted by molar-refractivity contribution is 0.394. The summed E-state index contributed by atoms with van der Waals surface area (Å²) >= 11 is 5.96. The maximum absolute atomic E-state index is 13.8. The third kappa shape index (κ3) is 4.44. The Morgan fingerprint density at radius 3 is 2.29 bits per heavy atom. The van der Waals surface area contributed by atoms with Crippen LogP contribution in [0.3, 0.4) is 0 Å². The van der Waals surface area contributed by atoms with E-state index in [1.54, 1.807) is 0 Å². The van der Waals surface area contributed by atoms with Crippen molar-refractivity contribution in [3.63, 3.8) is 0 Å². The summed E-state index contributed by atoms with van der Waals surface area (Å²) in [6.07, 6.45) is 9.30. The molecule has 1 fully saturated rings. The zero-order valence-corrected chi connectivity index (χ0v) is 19.2. The van der Waals surface area contributed by atoms with E-state index in [2.05, 4.69) is 66.0 Å². The molecule has 31 heavy (non-hydrogen) atoms. The molecule has 1 N–H and O–H groups in total. The second-order valence-electron chi connectivity index (χ2n) is 8.76. The van der Waals surface area contributed by atoms with Crippen LogP contribution in [0, 0.1) is 0 Å². The van der Waals surface area contributed by atoms with Crippen LogP contribution in [0.1, 0.15) is 48.8 Å². The van der Waals surface area contributed by atoms with E-state index in [0.717, 1.165) is 33.5 Å². The summed E-state index contributed by atoms with van der Waals surface area (Å²) in [5, 5.41) is 6.10. The molecule has 0 saturated heterocycles. The van der Waals surface area contributed by atoms with Gasteiger partial charge in [-0.3, -0.25) is 4.21 Å². The maximum Gasteiger partial charge on any atom is 0.0831 e. The Hall–Kier alpha value is -2.10. The van der Waals surface area contributed by atoms with Crippen molar-refractivity contribution in [1.29, 1.82) is 0 Å². The third-order valence-electron chi connectivity index (χ3n) is 6.59. The quantitative estimate of drug-likeness (QED) is 0.446. The molecule has 0 radical (unpaired) electrons. The molecular formula is C27H28ClNOS. The monoisotopic (exact) mass is 449 g/mol. The molecule has 2 nitrogen and oxygen atoms in total. The van der Waals surface area contributed by atoms with Crippen LogP contribution in [0.15, 0.2) is 71.3 Å². The molecule has 1 saturated carbocycles. The molecule has 2 atom stereocenters. The van der Waals surface area contributed by atoms with Crippen LogP contribution < -0.4 is 5.32 Å². The summed E-state index contributed by atoms with van der Waals surface area (Å²) in [5.41, 5.74) is 4.54. The summed E-state index contributed by atoms with van der Waals surface area (Å²) in [6, 6.07) is 21.6.